The van der Waals surface area contributed by atoms with E-state index in [4.69, 9.17) is 0 Å². The zero-order valence-electron chi connectivity index (χ0n) is 19.6. The first-order valence-electron chi connectivity index (χ1n) is 11.9. The topological polar surface area (TPSA) is 62.3 Å². The summed E-state index contributed by atoms with van der Waals surface area (Å²) >= 11 is 1.43. The maximum Gasteiger partial charge on any atom is 0.256 e. The summed E-state index contributed by atoms with van der Waals surface area (Å²) in [6.45, 7) is 0. The Balaban J connectivity index is 1.35. The minimum absolute atomic E-state index is 0.122. The minimum Gasteiger partial charge on any atom is -0.342 e. The lowest BCUT2D eigenvalue weighted by Gasteiger charge is -2.31. The number of hydrogen-bond donors (Lipinski definition) is 1. The first kappa shape index (κ1) is 24.0. The lowest BCUT2D eigenvalue weighted by molar-refractivity contribution is -0.129. The van der Waals surface area contributed by atoms with Crippen LogP contribution in [0.1, 0.15) is 53.6 Å². The second kappa shape index (κ2) is 11.8. The van der Waals surface area contributed by atoms with E-state index >= 15 is 0 Å². The number of thioether (sulfide) groups is 1. The molecule has 3 aromatic rings. The number of hydrogen-bond acceptors (Lipinski definition) is 4. The van der Waals surface area contributed by atoms with Gasteiger partial charge in [-0.25, -0.2) is 0 Å². The monoisotopic (exact) mass is 473 g/mol. The van der Waals surface area contributed by atoms with E-state index < -0.39 is 0 Å². The molecule has 1 fully saturated rings. The number of carbonyl (C=O) groups is 2. The summed E-state index contributed by atoms with van der Waals surface area (Å²) < 4.78 is 0. The molecule has 4 rings (SSSR count). The van der Waals surface area contributed by atoms with Crippen molar-refractivity contribution in [3.63, 3.8) is 0 Å². The van der Waals surface area contributed by atoms with Crippen LogP contribution < -0.4 is 5.32 Å². The second-order valence-corrected chi connectivity index (χ2v) is 9.78. The van der Waals surface area contributed by atoms with Crippen molar-refractivity contribution in [2.45, 2.75) is 49.5 Å². The summed E-state index contributed by atoms with van der Waals surface area (Å²) in [7, 11) is 1.91. The Kier molecular flexibility index (Phi) is 8.36. The van der Waals surface area contributed by atoms with Crippen LogP contribution in [0.25, 0.3) is 0 Å². The Labute approximate surface area is 206 Å². The van der Waals surface area contributed by atoms with Gasteiger partial charge in [0.2, 0.25) is 5.91 Å². The number of benzene rings is 2. The van der Waals surface area contributed by atoms with Crippen LogP contribution >= 0.6 is 11.8 Å². The van der Waals surface area contributed by atoms with Gasteiger partial charge in [0.1, 0.15) is 0 Å². The number of pyridine rings is 1. The van der Waals surface area contributed by atoms with Gasteiger partial charge in [-0.3, -0.25) is 14.6 Å². The van der Waals surface area contributed by atoms with Crippen LogP contribution in [0.3, 0.4) is 0 Å². The summed E-state index contributed by atoms with van der Waals surface area (Å²) in [4.78, 5) is 32.5. The fourth-order valence-electron chi connectivity index (χ4n) is 4.33. The van der Waals surface area contributed by atoms with Gasteiger partial charge >= 0.3 is 0 Å². The number of nitrogens with zero attached hydrogens (tertiary/aromatic N) is 2. The van der Waals surface area contributed by atoms with Gasteiger partial charge in [-0.05, 0) is 66.8 Å². The standard InChI is InChI=1S/C28H31N3O2S/c1-31(24-7-3-2-4-8-24)27(32)20-34-26-10-6-5-9-25(26)28(33)30-23-13-11-21(12-14-23)19-22-15-17-29-18-16-22/h5-6,9-18,24H,2-4,7-8,19-20H2,1H3,(H,30,33). The van der Waals surface area contributed by atoms with Crippen LogP contribution in [0.5, 0.6) is 0 Å². The normalized spacial score (nSPS) is 13.9. The van der Waals surface area contributed by atoms with Gasteiger partial charge < -0.3 is 10.2 Å². The summed E-state index contributed by atoms with van der Waals surface area (Å²) in [6, 6.07) is 19.7. The van der Waals surface area contributed by atoms with Crippen LogP contribution in [-0.4, -0.2) is 40.5 Å². The highest BCUT2D eigenvalue weighted by Gasteiger charge is 2.22. The van der Waals surface area contributed by atoms with Crippen LogP contribution in [0.4, 0.5) is 5.69 Å². The highest BCUT2D eigenvalue weighted by molar-refractivity contribution is 8.00. The van der Waals surface area contributed by atoms with E-state index in [1.165, 1.54) is 42.2 Å². The van der Waals surface area contributed by atoms with Crippen molar-refractivity contribution in [1.29, 1.82) is 0 Å². The lowest BCUT2D eigenvalue weighted by atomic mass is 9.94. The maximum atomic E-state index is 13.0. The molecule has 0 spiro atoms. The molecule has 176 valence electrons. The van der Waals surface area contributed by atoms with Crippen molar-refractivity contribution >= 4 is 29.3 Å². The molecule has 34 heavy (non-hydrogen) atoms. The van der Waals surface area contributed by atoms with E-state index in [0.29, 0.717) is 17.4 Å². The van der Waals surface area contributed by atoms with E-state index in [1.54, 1.807) is 12.4 Å². The second-order valence-electron chi connectivity index (χ2n) is 8.76. The third-order valence-corrected chi connectivity index (χ3v) is 7.43. The van der Waals surface area contributed by atoms with Crippen LogP contribution in [0.2, 0.25) is 0 Å². The first-order valence-corrected chi connectivity index (χ1v) is 12.9. The molecule has 2 aromatic carbocycles. The number of carbonyl (C=O) groups excluding carboxylic acids is 2. The molecule has 1 saturated carbocycles. The molecular formula is C28H31N3O2S. The predicted molar refractivity (Wildman–Crippen MR) is 138 cm³/mol. The average molecular weight is 474 g/mol. The Morgan fingerprint density at radius 3 is 2.35 bits per heavy atom. The molecule has 6 heteroatoms. The van der Waals surface area contributed by atoms with Gasteiger partial charge in [-0.2, -0.15) is 0 Å². The van der Waals surface area contributed by atoms with E-state index in [-0.39, 0.29) is 11.8 Å². The molecule has 1 aliphatic carbocycles. The molecule has 0 atom stereocenters. The van der Waals surface area contributed by atoms with E-state index in [9.17, 15) is 9.59 Å². The maximum absolute atomic E-state index is 13.0. The number of nitrogens with one attached hydrogen (secondary N) is 1. The van der Waals surface area contributed by atoms with Gasteiger partial charge in [0.05, 0.1) is 11.3 Å². The summed E-state index contributed by atoms with van der Waals surface area (Å²) in [5.74, 6) is 0.288. The Hall–Kier alpha value is -3.12. The molecule has 0 bridgehead atoms. The molecular weight excluding hydrogens is 442 g/mol. The third kappa shape index (κ3) is 6.48. The Morgan fingerprint density at radius 2 is 1.62 bits per heavy atom. The average Bonchev–Trinajstić information content (AvgIpc) is 2.89. The summed E-state index contributed by atoms with van der Waals surface area (Å²) in [5, 5.41) is 2.99. The molecule has 5 nitrogen and oxygen atoms in total. The lowest BCUT2D eigenvalue weighted by Crippen LogP contribution is -2.39. The summed E-state index contributed by atoms with van der Waals surface area (Å²) in [5.41, 5.74) is 3.69. The Morgan fingerprint density at radius 1 is 0.941 bits per heavy atom. The fraction of sp³-hybridized carbons (Fsp3) is 0.321. The number of rotatable bonds is 8. The zero-order valence-corrected chi connectivity index (χ0v) is 20.4. The number of aromatic nitrogens is 1. The minimum atomic E-state index is -0.168. The SMILES string of the molecule is CN(C(=O)CSc1ccccc1C(=O)Nc1ccc(Cc2ccncc2)cc1)C1CCCCC1. The van der Waals surface area contributed by atoms with Gasteiger partial charge in [0, 0.05) is 36.1 Å². The van der Waals surface area contributed by atoms with Gasteiger partial charge in [0.15, 0.2) is 0 Å². The van der Waals surface area contributed by atoms with Crippen LogP contribution in [0.15, 0.2) is 78.0 Å². The molecule has 2 amide bonds. The van der Waals surface area contributed by atoms with Gasteiger partial charge in [-0.15, -0.1) is 11.8 Å². The predicted octanol–water partition coefficient (Wildman–Crippen LogP) is 5.81. The van der Waals surface area contributed by atoms with Crippen molar-refractivity contribution in [3.8, 4) is 0 Å². The van der Waals surface area contributed by atoms with Gasteiger partial charge in [0.25, 0.3) is 5.91 Å². The van der Waals surface area contributed by atoms with Gasteiger partial charge in [-0.1, -0.05) is 43.5 Å². The molecule has 0 saturated heterocycles. The van der Waals surface area contributed by atoms with Crippen LogP contribution in [-0.2, 0) is 11.2 Å². The molecule has 1 aromatic heterocycles. The Bertz CT molecular complexity index is 1100. The summed E-state index contributed by atoms with van der Waals surface area (Å²) in [6.07, 6.45) is 10.2. The number of anilines is 1. The highest BCUT2D eigenvalue weighted by atomic mass is 32.2. The quantitative estimate of drug-likeness (QED) is 0.420. The van der Waals surface area contributed by atoms with Crippen molar-refractivity contribution in [2.24, 2.45) is 0 Å². The number of amides is 2. The van der Waals surface area contributed by atoms with Crippen LogP contribution in [0, 0.1) is 0 Å². The van der Waals surface area contributed by atoms with Crippen molar-refractivity contribution < 1.29 is 9.59 Å². The first-order chi connectivity index (χ1) is 16.6. The van der Waals surface area contributed by atoms with Crippen molar-refractivity contribution in [1.82, 2.24) is 9.88 Å². The molecule has 1 aliphatic rings. The fourth-order valence-corrected chi connectivity index (χ4v) is 5.31. The largest absolute Gasteiger partial charge is 0.342 e. The van der Waals surface area contributed by atoms with Crippen molar-refractivity contribution in [3.05, 3.63) is 89.7 Å². The molecule has 0 aliphatic heterocycles. The van der Waals surface area contributed by atoms with E-state index in [1.807, 2.05) is 72.6 Å². The smallest absolute Gasteiger partial charge is 0.256 e. The highest BCUT2D eigenvalue weighted by Crippen LogP contribution is 2.26. The molecule has 1 N–H and O–H groups in total. The van der Waals surface area contributed by atoms with E-state index in [2.05, 4.69) is 10.3 Å². The zero-order chi connectivity index (χ0) is 23.8. The van der Waals surface area contributed by atoms with E-state index in [0.717, 1.165) is 29.8 Å². The van der Waals surface area contributed by atoms with Crippen molar-refractivity contribution in [2.75, 3.05) is 18.1 Å². The molecule has 1 heterocycles. The third-order valence-electron chi connectivity index (χ3n) is 6.37. The molecule has 0 unspecified atom stereocenters. The molecule has 0 radical (unpaired) electrons.